The Morgan fingerprint density at radius 3 is 2.47 bits per heavy atom. The molecule has 0 saturated heterocycles. The molecule has 0 aromatic heterocycles. The van der Waals surface area contributed by atoms with Gasteiger partial charge in [-0.1, -0.05) is 0 Å². The van der Waals surface area contributed by atoms with Crippen molar-refractivity contribution in [2.75, 3.05) is 13.1 Å². The molecule has 0 radical (unpaired) electrons. The number of primary amides is 1. The SMILES string of the molecule is NC(=O)C[C@@H](NC(=O)NCCCNC1CC1)C(=O)O. The molecule has 108 valence electrons. The van der Waals surface area contributed by atoms with Gasteiger partial charge in [0.1, 0.15) is 6.04 Å². The zero-order chi connectivity index (χ0) is 14.3. The van der Waals surface area contributed by atoms with E-state index in [1.54, 1.807) is 0 Å². The summed E-state index contributed by atoms with van der Waals surface area (Å²) in [4.78, 5) is 32.8. The zero-order valence-electron chi connectivity index (χ0n) is 10.6. The van der Waals surface area contributed by atoms with Gasteiger partial charge in [-0.3, -0.25) is 4.79 Å². The van der Waals surface area contributed by atoms with Gasteiger partial charge >= 0.3 is 12.0 Å². The zero-order valence-corrected chi connectivity index (χ0v) is 10.6. The molecular weight excluding hydrogens is 252 g/mol. The van der Waals surface area contributed by atoms with Crippen LogP contribution in [0, 0.1) is 0 Å². The first kappa shape index (κ1) is 15.2. The lowest BCUT2D eigenvalue weighted by molar-refractivity contribution is -0.140. The van der Waals surface area contributed by atoms with Crippen molar-refractivity contribution in [2.45, 2.75) is 37.8 Å². The maximum atomic E-state index is 11.4. The number of aliphatic carboxylic acids is 1. The second-order valence-electron chi connectivity index (χ2n) is 4.54. The smallest absolute Gasteiger partial charge is 0.326 e. The highest BCUT2D eigenvalue weighted by Crippen LogP contribution is 2.18. The first-order valence-corrected chi connectivity index (χ1v) is 6.28. The molecule has 8 heteroatoms. The number of amides is 3. The van der Waals surface area contributed by atoms with E-state index in [0.29, 0.717) is 12.6 Å². The van der Waals surface area contributed by atoms with Crippen LogP contribution in [0.5, 0.6) is 0 Å². The number of rotatable bonds is 9. The Morgan fingerprint density at radius 1 is 1.26 bits per heavy atom. The van der Waals surface area contributed by atoms with Crippen molar-refractivity contribution in [1.29, 1.82) is 0 Å². The van der Waals surface area contributed by atoms with E-state index in [2.05, 4.69) is 16.0 Å². The topological polar surface area (TPSA) is 134 Å². The van der Waals surface area contributed by atoms with Gasteiger partial charge in [-0.05, 0) is 25.8 Å². The predicted octanol–water partition coefficient (Wildman–Crippen LogP) is -1.24. The number of carbonyl (C=O) groups excluding carboxylic acids is 2. The van der Waals surface area contributed by atoms with Gasteiger partial charge in [0.25, 0.3) is 0 Å². The number of hydrogen-bond donors (Lipinski definition) is 5. The van der Waals surface area contributed by atoms with E-state index < -0.39 is 30.4 Å². The summed E-state index contributed by atoms with van der Waals surface area (Å²) in [5.41, 5.74) is 4.90. The second-order valence-corrected chi connectivity index (χ2v) is 4.54. The summed E-state index contributed by atoms with van der Waals surface area (Å²) in [6, 6.07) is -1.28. The molecule has 1 atom stereocenters. The van der Waals surface area contributed by atoms with E-state index >= 15 is 0 Å². The minimum absolute atomic E-state index is 0.425. The number of carboxylic acids is 1. The molecule has 0 heterocycles. The van der Waals surface area contributed by atoms with Gasteiger partial charge in [0, 0.05) is 12.6 Å². The molecule has 1 saturated carbocycles. The lowest BCUT2D eigenvalue weighted by Crippen LogP contribution is -2.48. The first-order chi connectivity index (χ1) is 8.99. The molecule has 0 aromatic rings. The Labute approximate surface area is 111 Å². The summed E-state index contributed by atoms with van der Waals surface area (Å²) in [7, 11) is 0. The van der Waals surface area contributed by atoms with Crippen LogP contribution in [-0.4, -0.2) is 48.2 Å². The van der Waals surface area contributed by atoms with E-state index in [9.17, 15) is 14.4 Å². The number of carboxylic acid groups (broad SMARTS) is 1. The molecule has 8 nitrogen and oxygen atoms in total. The normalized spacial score (nSPS) is 15.6. The standard InChI is InChI=1S/C11H20N4O4/c12-9(16)6-8(10(17)18)15-11(19)14-5-1-4-13-7-2-3-7/h7-8,13H,1-6H2,(H2,12,16)(H,17,18)(H2,14,15,19)/t8-/m1/s1. The Balaban J connectivity index is 2.12. The van der Waals surface area contributed by atoms with Crippen LogP contribution in [0.15, 0.2) is 0 Å². The molecule has 1 fully saturated rings. The Hall–Kier alpha value is -1.83. The van der Waals surface area contributed by atoms with E-state index in [0.717, 1.165) is 13.0 Å². The predicted molar refractivity (Wildman–Crippen MR) is 67.4 cm³/mol. The quantitative estimate of drug-likeness (QED) is 0.335. The van der Waals surface area contributed by atoms with Crippen LogP contribution < -0.4 is 21.7 Å². The van der Waals surface area contributed by atoms with Crippen LogP contribution in [0.1, 0.15) is 25.7 Å². The molecule has 0 unspecified atom stereocenters. The third-order valence-corrected chi connectivity index (χ3v) is 2.66. The maximum Gasteiger partial charge on any atom is 0.326 e. The largest absolute Gasteiger partial charge is 0.480 e. The van der Waals surface area contributed by atoms with Gasteiger partial charge in [0.2, 0.25) is 5.91 Å². The lowest BCUT2D eigenvalue weighted by Gasteiger charge is -2.13. The summed E-state index contributed by atoms with van der Waals surface area (Å²) < 4.78 is 0. The second kappa shape index (κ2) is 7.57. The van der Waals surface area contributed by atoms with Crippen molar-refractivity contribution in [3.8, 4) is 0 Å². The van der Waals surface area contributed by atoms with Gasteiger partial charge in [0.05, 0.1) is 6.42 Å². The van der Waals surface area contributed by atoms with E-state index in [-0.39, 0.29) is 0 Å². The van der Waals surface area contributed by atoms with Gasteiger partial charge in [-0.25, -0.2) is 9.59 Å². The average Bonchev–Trinajstić information content (AvgIpc) is 3.11. The molecule has 3 amide bonds. The highest BCUT2D eigenvalue weighted by molar-refractivity contribution is 5.87. The summed E-state index contributed by atoms with van der Waals surface area (Å²) in [6.07, 6.45) is 2.76. The third-order valence-electron chi connectivity index (χ3n) is 2.66. The molecule has 6 N–H and O–H groups in total. The minimum atomic E-state index is -1.29. The Bertz CT molecular complexity index is 344. The average molecular weight is 272 g/mol. The van der Waals surface area contributed by atoms with E-state index in [1.165, 1.54) is 12.8 Å². The van der Waals surface area contributed by atoms with Gasteiger partial charge < -0.3 is 26.8 Å². The Kier molecular flexibility index (Phi) is 6.07. The third kappa shape index (κ3) is 7.24. The first-order valence-electron chi connectivity index (χ1n) is 6.28. The summed E-state index contributed by atoms with van der Waals surface area (Å²) in [6.45, 7) is 1.25. The monoisotopic (exact) mass is 272 g/mol. The fraction of sp³-hybridized carbons (Fsp3) is 0.727. The van der Waals surface area contributed by atoms with E-state index in [4.69, 9.17) is 10.8 Å². The number of urea groups is 1. The van der Waals surface area contributed by atoms with Crippen molar-refractivity contribution >= 4 is 17.9 Å². The van der Waals surface area contributed by atoms with Crippen molar-refractivity contribution < 1.29 is 19.5 Å². The number of hydrogen-bond acceptors (Lipinski definition) is 4. The number of nitrogens with one attached hydrogen (secondary N) is 3. The fourth-order valence-electron chi connectivity index (χ4n) is 1.49. The minimum Gasteiger partial charge on any atom is -0.480 e. The molecule has 1 aliphatic rings. The van der Waals surface area contributed by atoms with Gasteiger partial charge in [0.15, 0.2) is 0 Å². The van der Waals surface area contributed by atoms with Crippen molar-refractivity contribution in [3.63, 3.8) is 0 Å². The lowest BCUT2D eigenvalue weighted by atomic mass is 10.2. The molecule has 0 aromatic carbocycles. The molecule has 1 rings (SSSR count). The van der Waals surface area contributed by atoms with Crippen LogP contribution >= 0.6 is 0 Å². The number of carbonyl (C=O) groups is 3. The molecule has 0 spiro atoms. The van der Waals surface area contributed by atoms with Crippen LogP contribution in [0.4, 0.5) is 4.79 Å². The maximum absolute atomic E-state index is 11.4. The van der Waals surface area contributed by atoms with Crippen molar-refractivity contribution in [2.24, 2.45) is 5.73 Å². The van der Waals surface area contributed by atoms with Crippen LogP contribution in [0.25, 0.3) is 0 Å². The summed E-state index contributed by atoms with van der Waals surface area (Å²) in [5.74, 6) is -2.06. The molecule has 1 aliphatic carbocycles. The fourth-order valence-corrected chi connectivity index (χ4v) is 1.49. The van der Waals surface area contributed by atoms with Gasteiger partial charge in [-0.2, -0.15) is 0 Å². The van der Waals surface area contributed by atoms with Gasteiger partial charge in [-0.15, -0.1) is 0 Å². The van der Waals surface area contributed by atoms with E-state index in [1.807, 2.05) is 0 Å². The van der Waals surface area contributed by atoms with Crippen LogP contribution in [0.3, 0.4) is 0 Å². The number of nitrogens with two attached hydrogens (primary N) is 1. The molecular formula is C11H20N4O4. The van der Waals surface area contributed by atoms with Crippen LogP contribution in [0.2, 0.25) is 0 Å². The highest BCUT2D eigenvalue weighted by Gasteiger charge is 2.22. The summed E-state index contributed by atoms with van der Waals surface area (Å²) >= 11 is 0. The molecule has 0 bridgehead atoms. The molecule has 0 aliphatic heterocycles. The highest BCUT2D eigenvalue weighted by atomic mass is 16.4. The van der Waals surface area contributed by atoms with Crippen LogP contribution in [-0.2, 0) is 9.59 Å². The Morgan fingerprint density at radius 2 is 1.95 bits per heavy atom. The molecule has 19 heavy (non-hydrogen) atoms. The summed E-state index contributed by atoms with van der Waals surface area (Å²) in [5, 5.41) is 16.8. The van der Waals surface area contributed by atoms with Crippen molar-refractivity contribution in [1.82, 2.24) is 16.0 Å². The van der Waals surface area contributed by atoms with Crippen molar-refractivity contribution in [3.05, 3.63) is 0 Å².